The van der Waals surface area contributed by atoms with E-state index >= 15 is 0 Å². The van der Waals surface area contributed by atoms with Gasteiger partial charge in [0.1, 0.15) is 5.75 Å². The molecule has 0 unspecified atom stereocenters. The van der Waals surface area contributed by atoms with Gasteiger partial charge in [0.2, 0.25) is 5.91 Å². The summed E-state index contributed by atoms with van der Waals surface area (Å²) in [6.45, 7) is 1.34. The van der Waals surface area contributed by atoms with E-state index in [1.165, 1.54) is 5.56 Å². The van der Waals surface area contributed by atoms with Gasteiger partial charge in [-0.15, -0.1) is 0 Å². The number of amides is 1. The van der Waals surface area contributed by atoms with Gasteiger partial charge in [0, 0.05) is 30.9 Å². The van der Waals surface area contributed by atoms with Crippen LogP contribution in [0.3, 0.4) is 0 Å². The van der Waals surface area contributed by atoms with Crippen molar-refractivity contribution in [3.8, 4) is 5.75 Å². The van der Waals surface area contributed by atoms with E-state index in [9.17, 15) is 4.79 Å². The third-order valence-corrected chi connectivity index (χ3v) is 4.30. The van der Waals surface area contributed by atoms with E-state index in [-0.39, 0.29) is 5.91 Å². The van der Waals surface area contributed by atoms with Crippen LogP contribution in [0.25, 0.3) is 0 Å². The van der Waals surface area contributed by atoms with Gasteiger partial charge in [0.15, 0.2) is 0 Å². The van der Waals surface area contributed by atoms with Gasteiger partial charge >= 0.3 is 0 Å². The molecule has 1 aliphatic rings. The van der Waals surface area contributed by atoms with Crippen molar-refractivity contribution in [3.05, 3.63) is 53.1 Å². The van der Waals surface area contributed by atoms with Gasteiger partial charge < -0.3 is 15.0 Å². The molecule has 1 amide bonds. The molecule has 1 N–H and O–H groups in total. The molecule has 120 valence electrons. The average Bonchev–Trinajstić information content (AvgIpc) is 2.99. The fraction of sp³-hybridized carbons (Fsp3) is 0.278. The highest BCUT2D eigenvalue weighted by atomic mass is 35.5. The number of hydrogen-bond acceptors (Lipinski definition) is 3. The maximum Gasteiger partial charge on any atom is 0.228 e. The maximum atomic E-state index is 12.4. The van der Waals surface area contributed by atoms with E-state index < -0.39 is 0 Å². The smallest absolute Gasteiger partial charge is 0.228 e. The predicted octanol–water partition coefficient (Wildman–Crippen LogP) is 3.74. The second kappa shape index (κ2) is 6.92. The average molecular weight is 331 g/mol. The van der Waals surface area contributed by atoms with E-state index in [1.54, 1.807) is 13.2 Å². The summed E-state index contributed by atoms with van der Waals surface area (Å²) in [6.07, 6.45) is 1.38. The van der Waals surface area contributed by atoms with Crippen molar-refractivity contribution in [2.45, 2.75) is 12.8 Å². The largest absolute Gasteiger partial charge is 0.495 e. The van der Waals surface area contributed by atoms with Gasteiger partial charge in [-0.05, 0) is 36.2 Å². The van der Waals surface area contributed by atoms with Crippen LogP contribution in [0.5, 0.6) is 5.75 Å². The number of carbonyl (C=O) groups is 1. The number of rotatable bonds is 5. The molecule has 1 heterocycles. The molecule has 1 aliphatic heterocycles. The van der Waals surface area contributed by atoms with Gasteiger partial charge in [-0.25, -0.2) is 0 Å². The molecule has 0 fully saturated rings. The summed E-state index contributed by atoms with van der Waals surface area (Å²) in [5, 5.41) is 3.78. The molecule has 0 bridgehead atoms. The first-order valence-electron chi connectivity index (χ1n) is 7.64. The lowest BCUT2D eigenvalue weighted by Gasteiger charge is -2.17. The summed E-state index contributed by atoms with van der Waals surface area (Å²) in [5.74, 6) is 0.782. The number of methoxy groups -OCH3 is 1. The predicted molar refractivity (Wildman–Crippen MR) is 93.6 cm³/mol. The van der Waals surface area contributed by atoms with Crippen LogP contribution in [0.1, 0.15) is 12.0 Å². The molecule has 2 aromatic rings. The van der Waals surface area contributed by atoms with Crippen molar-refractivity contribution in [2.75, 3.05) is 30.4 Å². The standard InChI is InChI=1S/C18H19ClN2O2/c1-23-17-7-6-14(12-15(17)19)20-10-8-18(22)21-11-9-13-4-2-3-5-16(13)21/h2-7,12,20H,8-11H2,1H3. The van der Waals surface area contributed by atoms with Crippen molar-refractivity contribution in [3.63, 3.8) is 0 Å². The molecule has 5 heteroatoms. The topological polar surface area (TPSA) is 41.6 Å². The van der Waals surface area contributed by atoms with Crippen molar-refractivity contribution >= 4 is 28.9 Å². The highest BCUT2D eigenvalue weighted by Crippen LogP contribution is 2.29. The lowest BCUT2D eigenvalue weighted by Crippen LogP contribution is -2.30. The van der Waals surface area contributed by atoms with E-state index in [0.717, 1.165) is 24.3 Å². The minimum Gasteiger partial charge on any atom is -0.495 e. The number of hydrogen-bond donors (Lipinski definition) is 1. The van der Waals surface area contributed by atoms with Crippen molar-refractivity contribution in [2.24, 2.45) is 0 Å². The summed E-state index contributed by atoms with van der Waals surface area (Å²) in [5.41, 5.74) is 3.17. The number of nitrogens with zero attached hydrogens (tertiary/aromatic N) is 1. The Morgan fingerprint density at radius 2 is 2.13 bits per heavy atom. The van der Waals surface area contributed by atoms with Gasteiger partial charge in [0.25, 0.3) is 0 Å². The zero-order valence-corrected chi connectivity index (χ0v) is 13.8. The fourth-order valence-electron chi connectivity index (χ4n) is 2.82. The first kappa shape index (κ1) is 15.7. The van der Waals surface area contributed by atoms with E-state index in [1.807, 2.05) is 35.2 Å². The molecule has 0 atom stereocenters. The van der Waals surface area contributed by atoms with Crippen LogP contribution < -0.4 is 15.0 Å². The Balaban J connectivity index is 1.55. The molecule has 0 aliphatic carbocycles. The number of ether oxygens (including phenoxy) is 1. The molecule has 0 spiro atoms. The zero-order chi connectivity index (χ0) is 16.2. The van der Waals surface area contributed by atoms with Gasteiger partial charge in [-0.2, -0.15) is 0 Å². The second-order valence-electron chi connectivity index (χ2n) is 5.45. The molecular weight excluding hydrogens is 312 g/mol. The molecule has 23 heavy (non-hydrogen) atoms. The SMILES string of the molecule is COc1ccc(NCCC(=O)N2CCc3ccccc32)cc1Cl. The van der Waals surface area contributed by atoms with Crippen molar-refractivity contribution in [1.82, 2.24) is 0 Å². The fourth-order valence-corrected chi connectivity index (χ4v) is 3.08. The summed E-state index contributed by atoms with van der Waals surface area (Å²) in [6, 6.07) is 13.6. The van der Waals surface area contributed by atoms with Gasteiger partial charge in [-0.3, -0.25) is 4.79 Å². The minimum absolute atomic E-state index is 0.141. The first-order chi connectivity index (χ1) is 11.2. The first-order valence-corrected chi connectivity index (χ1v) is 8.02. The van der Waals surface area contributed by atoms with Crippen LogP contribution in [0.4, 0.5) is 11.4 Å². The molecule has 4 nitrogen and oxygen atoms in total. The van der Waals surface area contributed by atoms with E-state index in [0.29, 0.717) is 23.7 Å². The molecule has 0 saturated heterocycles. The second-order valence-corrected chi connectivity index (χ2v) is 5.86. The van der Waals surface area contributed by atoms with Crippen LogP contribution in [-0.2, 0) is 11.2 Å². The summed E-state index contributed by atoms with van der Waals surface area (Å²) in [4.78, 5) is 14.3. The van der Waals surface area contributed by atoms with Crippen molar-refractivity contribution in [1.29, 1.82) is 0 Å². The Hall–Kier alpha value is -2.20. The number of halogens is 1. The monoisotopic (exact) mass is 330 g/mol. The highest BCUT2D eigenvalue weighted by Gasteiger charge is 2.23. The van der Waals surface area contributed by atoms with Crippen LogP contribution in [0, 0.1) is 0 Å². The third kappa shape index (κ3) is 3.42. The highest BCUT2D eigenvalue weighted by molar-refractivity contribution is 6.32. The molecule has 3 rings (SSSR count). The molecule has 0 saturated carbocycles. The van der Waals surface area contributed by atoms with E-state index in [2.05, 4.69) is 11.4 Å². The van der Waals surface area contributed by atoms with Crippen molar-refractivity contribution < 1.29 is 9.53 Å². The third-order valence-electron chi connectivity index (χ3n) is 4.01. The summed E-state index contributed by atoms with van der Waals surface area (Å²) in [7, 11) is 1.58. The molecule has 2 aromatic carbocycles. The molecule has 0 radical (unpaired) electrons. The van der Waals surface area contributed by atoms with Gasteiger partial charge in [0.05, 0.1) is 12.1 Å². The van der Waals surface area contributed by atoms with Crippen LogP contribution >= 0.6 is 11.6 Å². The minimum atomic E-state index is 0.141. The lowest BCUT2D eigenvalue weighted by molar-refractivity contribution is -0.118. The Kier molecular flexibility index (Phi) is 4.72. The number of nitrogens with one attached hydrogen (secondary N) is 1. The van der Waals surface area contributed by atoms with Crippen LogP contribution in [-0.4, -0.2) is 26.1 Å². The Labute approximate surface area is 141 Å². The maximum absolute atomic E-state index is 12.4. The number of fused-ring (bicyclic) bond motifs is 1. The Morgan fingerprint density at radius 1 is 1.30 bits per heavy atom. The number of para-hydroxylation sites is 1. The van der Waals surface area contributed by atoms with Crippen LogP contribution in [0.15, 0.2) is 42.5 Å². The quantitative estimate of drug-likeness (QED) is 0.908. The normalized spacial score (nSPS) is 12.9. The number of anilines is 2. The number of carbonyl (C=O) groups excluding carboxylic acids is 1. The molecule has 0 aromatic heterocycles. The molecular formula is C18H19ClN2O2. The van der Waals surface area contributed by atoms with E-state index in [4.69, 9.17) is 16.3 Å². The Bertz CT molecular complexity index is 718. The van der Waals surface area contributed by atoms with Crippen LogP contribution in [0.2, 0.25) is 5.02 Å². The zero-order valence-electron chi connectivity index (χ0n) is 13.0. The summed E-state index contributed by atoms with van der Waals surface area (Å²) < 4.78 is 5.12. The van der Waals surface area contributed by atoms with Gasteiger partial charge in [-0.1, -0.05) is 29.8 Å². The summed E-state index contributed by atoms with van der Waals surface area (Å²) >= 11 is 6.09. The Morgan fingerprint density at radius 3 is 2.91 bits per heavy atom. The number of benzene rings is 2. The lowest BCUT2D eigenvalue weighted by atomic mass is 10.2.